The first-order valence-electron chi connectivity index (χ1n) is 10.5. The molecular weight excluding hydrogens is 402 g/mol. The molecule has 2 aliphatic rings. The molecule has 1 aliphatic carbocycles. The molecule has 4 rings (SSSR count). The van der Waals surface area contributed by atoms with E-state index in [2.05, 4.69) is 10.4 Å². The van der Waals surface area contributed by atoms with Gasteiger partial charge in [-0.3, -0.25) is 9.59 Å². The first-order valence-corrected chi connectivity index (χ1v) is 10.5. The Hall–Kier alpha value is -3.14. The lowest BCUT2D eigenvalue weighted by Gasteiger charge is -2.37. The minimum absolute atomic E-state index is 0.0536. The van der Waals surface area contributed by atoms with Gasteiger partial charge in [0.1, 0.15) is 0 Å². The van der Waals surface area contributed by atoms with Gasteiger partial charge in [0.15, 0.2) is 0 Å². The van der Waals surface area contributed by atoms with Crippen molar-refractivity contribution in [3.63, 3.8) is 0 Å². The minimum Gasteiger partial charge on any atom is -0.477 e. The van der Waals surface area contributed by atoms with Gasteiger partial charge in [0, 0.05) is 32.3 Å². The van der Waals surface area contributed by atoms with Crippen LogP contribution in [-0.4, -0.2) is 63.8 Å². The third kappa shape index (κ3) is 4.07. The molecule has 1 saturated heterocycles. The number of fused-ring (bicyclic) bond motifs is 1. The molecule has 0 atom stereocenters. The van der Waals surface area contributed by atoms with Crippen molar-refractivity contribution in [1.82, 2.24) is 19.8 Å². The number of methoxy groups -OCH3 is 1. The van der Waals surface area contributed by atoms with Crippen LogP contribution in [0.2, 0.25) is 0 Å². The van der Waals surface area contributed by atoms with E-state index in [-0.39, 0.29) is 35.4 Å². The quantitative estimate of drug-likeness (QED) is 0.423. The Bertz CT molecular complexity index is 1110. The van der Waals surface area contributed by atoms with Gasteiger partial charge in [-0.2, -0.15) is 4.57 Å². The monoisotopic (exact) mass is 430 g/mol. The number of carbonyl (C=O) groups is 2. The number of aromatic hydroxyl groups is 1. The van der Waals surface area contributed by atoms with Crippen molar-refractivity contribution in [3.8, 4) is 5.88 Å². The van der Waals surface area contributed by atoms with Crippen LogP contribution in [0.1, 0.15) is 42.6 Å². The van der Waals surface area contributed by atoms with Gasteiger partial charge in [-0.25, -0.2) is 9.89 Å². The summed E-state index contributed by atoms with van der Waals surface area (Å²) in [6, 6.07) is 0.0536. The van der Waals surface area contributed by atoms with Crippen molar-refractivity contribution in [3.05, 3.63) is 33.8 Å². The summed E-state index contributed by atoms with van der Waals surface area (Å²) in [4.78, 5) is 39.6. The Morgan fingerprint density at radius 1 is 1.39 bits per heavy atom. The normalized spacial score (nSPS) is 17.0. The lowest BCUT2D eigenvalue weighted by molar-refractivity contribution is -0.686. The number of rotatable bonds is 7. The molecule has 166 valence electrons. The van der Waals surface area contributed by atoms with Crippen LogP contribution >= 0.6 is 0 Å². The SMILES string of the molecule is COC1CN(C(=O)/C=C/c2c[nH]n3c(=O)c(C(=O)NC4CC4)c(O)[n+](CC(C)C)c23)C1. The van der Waals surface area contributed by atoms with E-state index in [1.807, 2.05) is 13.8 Å². The second-order valence-corrected chi connectivity index (χ2v) is 8.58. The predicted octanol–water partition coefficient (Wildman–Crippen LogP) is 0.0393. The van der Waals surface area contributed by atoms with Crippen LogP contribution in [0.4, 0.5) is 0 Å². The fourth-order valence-corrected chi connectivity index (χ4v) is 3.64. The van der Waals surface area contributed by atoms with Gasteiger partial charge in [0.05, 0.1) is 24.4 Å². The Labute approximate surface area is 179 Å². The number of ether oxygens (including phenoxy) is 1. The number of amides is 2. The van der Waals surface area contributed by atoms with Crippen LogP contribution < -0.4 is 15.4 Å². The van der Waals surface area contributed by atoms with Crippen LogP contribution in [-0.2, 0) is 16.1 Å². The smallest absolute Gasteiger partial charge is 0.378 e. The molecule has 0 radical (unpaired) electrons. The first-order chi connectivity index (χ1) is 14.8. The van der Waals surface area contributed by atoms with Crippen molar-refractivity contribution < 1.29 is 24.0 Å². The van der Waals surface area contributed by atoms with Crippen LogP contribution in [0.25, 0.3) is 11.7 Å². The summed E-state index contributed by atoms with van der Waals surface area (Å²) < 4.78 is 7.96. The molecule has 31 heavy (non-hydrogen) atoms. The number of H-pyrrole nitrogens is 1. The van der Waals surface area contributed by atoms with E-state index in [4.69, 9.17) is 4.74 Å². The second-order valence-electron chi connectivity index (χ2n) is 8.58. The molecule has 1 saturated carbocycles. The Kier molecular flexibility index (Phi) is 5.57. The topological polar surface area (TPSA) is 120 Å². The standard InChI is InChI=1S/C21H27N5O5/c1-12(2)9-25-19-13(4-7-16(27)24-10-15(11-24)31-3)8-22-26(19)21(30)17(20(25)29)18(28)23-14-5-6-14/h4,7-8,12,14-15H,5-6,9-11H2,1-3H3,(H2,23,28,29,30)/p+1/b7-4+. The van der Waals surface area contributed by atoms with Crippen molar-refractivity contribution in [2.24, 2.45) is 5.92 Å². The number of aromatic amines is 1. The lowest BCUT2D eigenvalue weighted by Crippen LogP contribution is -2.53. The molecule has 10 nitrogen and oxygen atoms in total. The van der Waals surface area contributed by atoms with Gasteiger partial charge in [-0.1, -0.05) is 18.4 Å². The Balaban J connectivity index is 1.72. The summed E-state index contributed by atoms with van der Waals surface area (Å²) in [6.45, 7) is 5.41. The van der Waals surface area contributed by atoms with E-state index in [1.54, 1.807) is 28.8 Å². The van der Waals surface area contributed by atoms with Gasteiger partial charge < -0.3 is 20.1 Å². The second kappa shape index (κ2) is 8.18. The molecule has 2 fully saturated rings. The van der Waals surface area contributed by atoms with Crippen molar-refractivity contribution in [2.45, 2.75) is 45.4 Å². The summed E-state index contributed by atoms with van der Waals surface area (Å²) in [7, 11) is 1.62. The number of hydrogen-bond acceptors (Lipinski definition) is 5. The van der Waals surface area contributed by atoms with E-state index in [0.717, 1.165) is 12.8 Å². The van der Waals surface area contributed by atoms with Gasteiger partial charge >= 0.3 is 17.1 Å². The van der Waals surface area contributed by atoms with Gasteiger partial charge in [0.25, 0.3) is 5.91 Å². The number of nitrogens with one attached hydrogen (secondary N) is 2. The average molecular weight is 430 g/mol. The number of aromatic nitrogens is 3. The summed E-state index contributed by atoms with van der Waals surface area (Å²) in [5.41, 5.74) is 0.0213. The van der Waals surface area contributed by atoms with E-state index in [9.17, 15) is 19.5 Å². The molecule has 2 aromatic heterocycles. The van der Waals surface area contributed by atoms with Crippen molar-refractivity contribution in [1.29, 1.82) is 0 Å². The van der Waals surface area contributed by atoms with Crippen LogP contribution in [0, 0.1) is 5.92 Å². The number of likely N-dealkylation sites (tertiary alicyclic amines) is 1. The Morgan fingerprint density at radius 2 is 2.10 bits per heavy atom. The summed E-state index contributed by atoms with van der Waals surface area (Å²) in [6.07, 6.45) is 6.42. The van der Waals surface area contributed by atoms with E-state index >= 15 is 0 Å². The molecule has 3 N–H and O–H groups in total. The highest BCUT2D eigenvalue weighted by molar-refractivity contribution is 5.96. The lowest BCUT2D eigenvalue weighted by atomic mass is 10.1. The van der Waals surface area contributed by atoms with E-state index in [0.29, 0.717) is 30.8 Å². The first kappa shape index (κ1) is 21.1. The van der Waals surface area contributed by atoms with Crippen molar-refractivity contribution in [2.75, 3.05) is 20.2 Å². The predicted molar refractivity (Wildman–Crippen MR) is 112 cm³/mol. The zero-order chi connectivity index (χ0) is 22.3. The maximum atomic E-state index is 13.0. The number of nitrogens with zero attached hydrogens (tertiary/aromatic N) is 3. The molecule has 3 heterocycles. The molecule has 0 unspecified atom stereocenters. The van der Waals surface area contributed by atoms with Crippen LogP contribution in [0.5, 0.6) is 5.88 Å². The highest BCUT2D eigenvalue weighted by Gasteiger charge is 2.34. The largest absolute Gasteiger partial charge is 0.477 e. The summed E-state index contributed by atoms with van der Waals surface area (Å²) in [5.74, 6) is -0.973. The molecular formula is C21H28N5O5+. The molecule has 2 aromatic rings. The third-order valence-electron chi connectivity index (χ3n) is 5.56. The van der Waals surface area contributed by atoms with Crippen LogP contribution in [0.3, 0.4) is 0 Å². The van der Waals surface area contributed by atoms with Crippen molar-refractivity contribution >= 4 is 23.5 Å². The fraction of sp³-hybridized carbons (Fsp3) is 0.524. The van der Waals surface area contributed by atoms with Gasteiger partial charge in [0.2, 0.25) is 11.5 Å². The number of hydrogen-bond donors (Lipinski definition) is 3. The molecule has 0 bridgehead atoms. The summed E-state index contributed by atoms with van der Waals surface area (Å²) >= 11 is 0. The van der Waals surface area contributed by atoms with Crippen LogP contribution in [0.15, 0.2) is 17.1 Å². The van der Waals surface area contributed by atoms with Gasteiger partial charge in [-0.05, 0) is 24.8 Å². The molecule has 0 aromatic carbocycles. The highest BCUT2D eigenvalue weighted by Crippen LogP contribution is 2.21. The maximum absolute atomic E-state index is 13.0. The summed E-state index contributed by atoms with van der Waals surface area (Å²) in [5, 5.41) is 16.5. The molecule has 10 heteroatoms. The molecule has 1 aliphatic heterocycles. The van der Waals surface area contributed by atoms with E-state index in [1.165, 1.54) is 10.6 Å². The van der Waals surface area contributed by atoms with Gasteiger partial charge in [-0.15, -0.1) is 0 Å². The minimum atomic E-state index is -0.637. The Morgan fingerprint density at radius 3 is 2.71 bits per heavy atom. The molecule has 2 amide bonds. The fourth-order valence-electron chi connectivity index (χ4n) is 3.64. The third-order valence-corrected chi connectivity index (χ3v) is 5.56. The van der Waals surface area contributed by atoms with E-state index < -0.39 is 11.5 Å². The zero-order valence-corrected chi connectivity index (χ0v) is 17.9. The maximum Gasteiger partial charge on any atom is 0.378 e. The molecule has 0 spiro atoms. The number of carbonyl (C=O) groups excluding carboxylic acids is 2. The average Bonchev–Trinajstić information content (AvgIpc) is 3.38. The highest BCUT2D eigenvalue weighted by atomic mass is 16.5. The zero-order valence-electron chi connectivity index (χ0n) is 17.9.